The van der Waals surface area contributed by atoms with Gasteiger partial charge in [-0.1, -0.05) is 54.6 Å². The summed E-state index contributed by atoms with van der Waals surface area (Å²) in [5.74, 6) is -0.356. The van der Waals surface area contributed by atoms with Crippen molar-refractivity contribution < 1.29 is 13.9 Å². The Morgan fingerprint density at radius 2 is 1.88 bits per heavy atom. The van der Waals surface area contributed by atoms with Crippen molar-refractivity contribution in [3.05, 3.63) is 71.3 Å². The molecular weight excluding hydrogens is 317 g/mol. The van der Waals surface area contributed by atoms with Crippen molar-refractivity contribution in [2.45, 2.75) is 31.0 Å². The second kappa shape index (κ2) is 6.60. The lowest BCUT2D eigenvalue weighted by Crippen LogP contribution is -2.52. The van der Waals surface area contributed by atoms with E-state index in [4.69, 9.17) is 4.74 Å². The van der Waals surface area contributed by atoms with Crippen LogP contribution in [0, 0.1) is 0 Å². The lowest BCUT2D eigenvalue weighted by molar-refractivity contribution is -0.154. The summed E-state index contributed by atoms with van der Waals surface area (Å²) in [5, 5.41) is 0. The van der Waals surface area contributed by atoms with E-state index in [1.54, 1.807) is 4.90 Å². The van der Waals surface area contributed by atoms with Gasteiger partial charge in [-0.25, -0.2) is 4.39 Å². The van der Waals surface area contributed by atoms with Gasteiger partial charge in [-0.3, -0.25) is 4.79 Å². The Morgan fingerprint density at radius 1 is 1.12 bits per heavy atom. The van der Waals surface area contributed by atoms with Crippen LogP contribution in [0.2, 0.25) is 0 Å². The molecule has 0 unspecified atom stereocenters. The maximum Gasteiger partial charge on any atom is 0.263 e. The molecule has 2 aliphatic heterocycles. The average molecular weight is 339 g/mol. The number of fused-ring (bicyclic) bond motifs is 1. The van der Waals surface area contributed by atoms with E-state index in [2.05, 4.69) is 18.2 Å². The van der Waals surface area contributed by atoms with Gasteiger partial charge in [0.1, 0.15) is 0 Å². The molecule has 2 aliphatic rings. The average Bonchev–Trinajstić information content (AvgIpc) is 2.68. The second-order valence-electron chi connectivity index (χ2n) is 6.97. The van der Waals surface area contributed by atoms with Crippen LogP contribution in [0.4, 0.5) is 4.39 Å². The highest BCUT2D eigenvalue weighted by atomic mass is 19.1. The molecule has 0 aromatic heterocycles. The summed E-state index contributed by atoms with van der Waals surface area (Å²) in [7, 11) is 0. The number of alkyl halides is 1. The number of benzene rings is 2. The zero-order valence-electron chi connectivity index (χ0n) is 14.2. The van der Waals surface area contributed by atoms with Crippen LogP contribution in [-0.2, 0) is 16.1 Å². The van der Waals surface area contributed by atoms with E-state index in [0.717, 1.165) is 11.1 Å². The molecule has 130 valence electrons. The smallest absolute Gasteiger partial charge is 0.263 e. The van der Waals surface area contributed by atoms with Crippen molar-refractivity contribution in [1.82, 2.24) is 4.90 Å². The van der Waals surface area contributed by atoms with Gasteiger partial charge in [0.25, 0.3) is 5.91 Å². The van der Waals surface area contributed by atoms with Crippen LogP contribution < -0.4 is 0 Å². The first-order valence-corrected chi connectivity index (χ1v) is 8.86. The molecule has 25 heavy (non-hydrogen) atoms. The maximum absolute atomic E-state index is 15.1. The standard InChI is InChI=1S/C21H22FNO2/c22-21(11-6-12-25-15-21)20(24)23-13-17-9-4-5-10-18(17)19(14-23)16-7-2-1-3-8-16/h1-5,7-10,19H,6,11-15H2/t19-,21-/m0/s1. The third-order valence-corrected chi connectivity index (χ3v) is 5.26. The van der Waals surface area contributed by atoms with E-state index in [1.807, 2.05) is 36.4 Å². The third-order valence-electron chi connectivity index (χ3n) is 5.26. The number of nitrogens with zero attached hydrogens (tertiary/aromatic N) is 1. The van der Waals surface area contributed by atoms with Gasteiger partial charge in [-0.2, -0.15) is 0 Å². The third kappa shape index (κ3) is 3.07. The van der Waals surface area contributed by atoms with Gasteiger partial charge in [0.2, 0.25) is 5.67 Å². The molecule has 3 nitrogen and oxygen atoms in total. The molecule has 1 fully saturated rings. The van der Waals surface area contributed by atoms with Crippen molar-refractivity contribution in [3.8, 4) is 0 Å². The molecule has 4 heteroatoms. The second-order valence-corrected chi connectivity index (χ2v) is 6.97. The molecule has 2 atom stereocenters. The van der Waals surface area contributed by atoms with E-state index in [1.165, 1.54) is 5.56 Å². The van der Waals surface area contributed by atoms with E-state index in [-0.39, 0.29) is 18.9 Å². The maximum atomic E-state index is 15.1. The fourth-order valence-corrected chi connectivity index (χ4v) is 3.94. The Bertz CT molecular complexity index is 756. The normalized spacial score (nSPS) is 26.1. The molecule has 0 spiro atoms. The Hall–Kier alpha value is -2.20. The summed E-state index contributed by atoms with van der Waals surface area (Å²) < 4.78 is 20.4. The van der Waals surface area contributed by atoms with Crippen molar-refractivity contribution in [3.63, 3.8) is 0 Å². The number of amides is 1. The quantitative estimate of drug-likeness (QED) is 0.835. The predicted molar refractivity (Wildman–Crippen MR) is 94.0 cm³/mol. The molecule has 1 amide bonds. The number of hydrogen-bond acceptors (Lipinski definition) is 2. The van der Waals surface area contributed by atoms with Crippen LogP contribution in [0.25, 0.3) is 0 Å². The van der Waals surface area contributed by atoms with Gasteiger partial charge in [-0.05, 0) is 29.5 Å². The Balaban J connectivity index is 1.67. The van der Waals surface area contributed by atoms with Gasteiger partial charge < -0.3 is 9.64 Å². The van der Waals surface area contributed by atoms with Crippen LogP contribution in [0.1, 0.15) is 35.4 Å². The molecule has 2 aromatic carbocycles. The van der Waals surface area contributed by atoms with E-state index in [0.29, 0.717) is 26.1 Å². The summed E-state index contributed by atoms with van der Waals surface area (Å²) in [6, 6.07) is 18.3. The highest BCUT2D eigenvalue weighted by Crippen LogP contribution is 2.36. The number of hydrogen-bond donors (Lipinski definition) is 0. The molecule has 0 saturated carbocycles. The predicted octanol–water partition coefficient (Wildman–Crippen LogP) is 3.68. The topological polar surface area (TPSA) is 29.5 Å². The van der Waals surface area contributed by atoms with E-state index in [9.17, 15) is 4.79 Å². The fourth-order valence-electron chi connectivity index (χ4n) is 3.94. The van der Waals surface area contributed by atoms with Crippen LogP contribution in [0.5, 0.6) is 0 Å². The van der Waals surface area contributed by atoms with Crippen molar-refractivity contribution in [1.29, 1.82) is 0 Å². The largest absolute Gasteiger partial charge is 0.378 e. The molecular formula is C21H22FNO2. The lowest BCUT2D eigenvalue weighted by Gasteiger charge is -2.39. The first-order chi connectivity index (χ1) is 12.2. The molecule has 0 aliphatic carbocycles. The minimum Gasteiger partial charge on any atom is -0.378 e. The SMILES string of the molecule is O=C(N1Cc2ccccc2[C@H](c2ccccc2)C1)[C@]1(F)CCCOC1. The highest BCUT2D eigenvalue weighted by Gasteiger charge is 2.45. The number of halogens is 1. The monoisotopic (exact) mass is 339 g/mol. The summed E-state index contributed by atoms with van der Waals surface area (Å²) >= 11 is 0. The summed E-state index contributed by atoms with van der Waals surface area (Å²) in [5.41, 5.74) is 1.59. The van der Waals surface area contributed by atoms with Crippen LogP contribution in [0.15, 0.2) is 54.6 Å². The molecule has 4 rings (SSSR count). The number of ether oxygens (including phenoxy) is 1. The van der Waals surface area contributed by atoms with E-state index >= 15 is 4.39 Å². The Kier molecular flexibility index (Phi) is 4.30. The van der Waals surface area contributed by atoms with Gasteiger partial charge in [-0.15, -0.1) is 0 Å². The zero-order valence-corrected chi connectivity index (χ0v) is 14.2. The molecule has 2 aromatic rings. The van der Waals surface area contributed by atoms with Crippen LogP contribution in [0.3, 0.4) is 0 Å². The highest BCUT2D eigenvalue weighted by molar-refractivity contribution is 5.86. The lowest BCUT2D eigenvalue weighted by atomic mass is 9.84. The summed E-state index contributed by atoms with van der Waals surface area (Å²) in [6.07, 6.45) is 0.842. The zero-order chi connectivity index (χ0) is 17.3. The van der Waals surface area contributed by atoms with Crippen LogP contribution >= 0.6 is 0 Å². The Morgan fingerprint density at radius 3 is 2.64 bits per heavy atom. The van der Waals surface area contributed by atoms with Gasteiger partial charge in [0.15, 0.2) is 0 Å². The first-order valence-electron chi connectivity index (χ1n) is 8.86. The number of carbonyl (C=O) groups is 1. The molecule has 0 bridgehead atoms. The summed E-state index contributed by atoms with van der Waals surface area (Å²) in [4.78, 5) is 14.6. The Labute approximate surface area is 147 Å². The fraction of sp³-hybridized carbons (Fsp3) is 0.381. The minimum atomic E-state index is -1.88. The number of rotatable bonds is 2. The molecule has 2 heterocycles. The van der Waals surface area contributed by atoms with Gasteiger partial charge in [0.05, 0.1) is 6.61 Å². The molecule has 0 radical (unpaired) electrons. The molecule has 1 saturated heterocycles. The minimum absolute atomic E-state index is 0.0724. The van der Waals surface area contributed by atoms with Gasteiger partial charge >= 0.3 is 0 Å². The van der Waals surface area contributed by atoms with Crippen molar-refractivity contribution >= 4 is 5.91 Å². The van der Waals surface area contributed by atoms with Crippen molar-refractivity contribution in [2.75, 3.05) is 19.8 Å². The van der Waals surface area contributed by atoms with Crippen molar-refractivity contribution in [2.24, 2.45) is 0 Å². The summed E-state index contributed by atoms with van der Waals surface area (Å²) in [6.45, 7) is 1.38. The first kappa shape index (κ1) is 16.3. The van der Waals surface area contributed by atoms with Gasteiger partial charge in [0, 0.05) is 25.6 Å². The number of carbonyl (C=O) groups excluding carboxylic acids is 1. The molecule has 0 N–H and O–H groups in total. The van der Waals surface area contributed by atoms with E-state index < -0.39 is 11.6 Å². The van der Waals surface area contributed by atoms with Crippen LogP contribution in [-0.4, -0.2) is 36.2 Å².